The van der Waals surface area contributed by atoms with Gasteiger partial charge in [0.1, 0.15) is 0 Å². The highest BCUT2D eigenvalue weighted by atomic mass is 16.1. The minimum Gasteiger partial charge on any atom is -0.348 e. The molecule has 0 bridgehead atoms. The first-order valence-electron chi connectivity index (χ1n) is 4.76. The van der Waals surface area contributed by atoms with Crippen LogP contribution >= 0.6 is 0 Å². The molecule has 0 unspecified atom stereocenters. The third-order valence-electron chi connectivity index (χ3n) is 2.36. The molecule has 1 aliphatic rings. The summed E-state index contributed by atoms with van der Waals surface area (Å²) in [5.74, 6) is -0.0354. The maximum Gasteiger partial charge on any atom is 0.254 e. The van der Waals surface area contributed by atoms with Gasteiger partial charge < -0.3 is 10.6 Å². The molecule has 5 nitrogen and oxygen atoms in total. The molecule has 0 radical (unpaired) electrons. The van der Waals surface area contributed by atoms with Crippen LogP contribution in [0.4, 0.5) is 0 Å². The van der Waals surface area contributed by atoms with Gasteiger partial charge in [-0.25, -0.2) is 0 Å². The van der Waals surface area contributed by atoms with E-state index in [9.17, 15) is 4.79 Å². The van der Waals surface area contributed by atoms with Crippen molar-refractivity contribution in [3.63, 3.8) is 0 Å². The van der Waals surface area contributed by atoms with Gasteiger partial charge in [0.05, 0.1) is 11.8 Å². The number of amides is 1. The first-order chi connectivity index (χ1) is 6.75. The van der Waals surface area contributed by atoms with Crippen LogP contribution in [-0.4, -0.2) is 34.8 Å². The quantitative estimate of drug-likeness (QED) is 0.668. The van der Waals surface area contributed by atoms with Crippen molar-refractivity contribution in [1.82, 2.24) is 20.4 Å². The highest BCUT2D eigenvalue weighted by Gasteiger charge is 2.17. The van der Waals surface area contributed by atoms with Gasteiger partial charge in [-0.15, -0.1) is 0 Å². The Morgan fingerprint density at radius 3 is 3.21 bits per heavy atom. The van der Waals surface area contributed by atoms with E-state index in [0.29, 0.717) is 5.56 Å². The molecule has 1 aliphatic heterocycles. The molecule has 76 valence electrons. The van der Waals surface area contributed by atoms with Crippen LogP contribution in [-0.2, 0) is 7.05 Å². The average molecular weight is 194 g/mol. The summed E-state index contributed by atoms with van der Waals surface area (Å²) in [6.07, 6.45) is 4.31. The molecule has 0 spiro atoms. The molecule has 1 aromatic rings. The van der Waals surface area contributed by atoms with E-state index in [4.69, 9.17) is 0 Å². The SMILES string of the molecule is Cn1cc(C(=O)N[C@@H]2CCNC2)cn1. The van der Waals surface area contributed by atoms with Gasteiger partial charge in [0.15, 0.2) is 0 Å². The Kier molecular flexibility index (Phi) is 2.49. The van der Waals surface area contributed by atoms with Crippen LogP contribution in [0, 0.1) is 0 Å². The van der Waals surface area contributed by atoms with Crippen molar-refractivity contribution < 1.29 is 4.79 Å². The lowest BCUT2D eigenvalue weighted by Crippen LogP contribution is -2.36. The second-order valence-corrected chi connectivity index (χ2v) is 3.57. The lowest BCUT2D eigenvalue weighted by Gasteiger charge is -2.09. The minimum absolute atomic E-state index is 0.0354. The van der Waals surface area contributed by atoms with E-state index in [1.165, 1.54) is 0 Å². The summed E-state index contributed by atoms with van der Waals surface area (Å²) in [5.41, 5.74) is 0.624. The maximum atomic E-state index is 11.6. The van der Waals surface area contributed by atoms with Crippen molar-refractivity contribution in [1.29, 1.82) is 0 Å². The molecule has 0 saturated carbocycles. The van der Waals surface area contributed by atoms with E-state index in [2.05, 4.69) is 15.7 Å². The smallest absolute Gasteiger partial charge is 0.254 e. The van der Waals surface area contributed by atoms with Crippen molar-refractivity contribution in [3.05, 3.63) is 18.0 Å². The van der Waals surface area contributed by atoms with Crippen molar-refractivity contribution in [2.24, 2.45) is 7.05 Å². The molecule has 1 fully saturated rings. The van der Waals surface area contributed by atoms with Gasteiger partial charge in [0.2, 0.25) is 0 Å². The van der Waals surface area contributed by atoms with Crippen LogP contribution in [0.3, 0.4) is 0 Å². The number of carbonyl (C=O) groups is 1. The van der Waals surface area contributed by atoms with Gasteiger partial charge in [-0.1, -0.05) is 0 Å². The number of aromatic nitrogens is 2. The van der Waals surface area contributed by atoms with Crippen LogP contribution in [0.2, 0.25) is 0 Å². The summed E-state index contributed by atoms with van der Waals surface area (Å²) in [4.78, 5) is 11.6. The molecule has 1 amide bonds. The standard InChI is InChI=1S/C9H14N4O/c1-13-6-7(4-11-13)9(14)12-8-2-3-10-5-8/h4,6,8,10H,2-3,5H2,1H3,(H,12,14)/t8-/m1/s1. The summed E-state index contributed by atoms with van der Waals surface area (Å²) in [6, 6.07) is 0.266. The van der Waals surface area contributed by atoms with E-state index in [0.717, 1.165) is 19.5 Å². The molecule has 1 saturated heterocycles. The average Bonchev–Trinajstić information content (AvgIpc) is 2.75. The Hall–Kier alpha value is -1.36. The van der Waals surface area contributed by atoms with Crippen molar-refractivity contribution in [2.45, 2.75) is 12.5 Å². The Balaban J connectivity index is 1.95. The zero-order chi connectivity index (χ0) is 9.97. The fourth-order valence-corrected chi connectivity index (χ4v) is 1.59. The second kappa shape index (κ2) is 3.79. The molecule has 0 aromatic carbocycles. The van der Waals surface area contributed by atoms with Crippen LogP contribution < -0.4 is 10.6 Å². The number of hydrogen-bond acceptors (Lipinski definition) is 3. The predicted octanol–water partition coefficient (Wildman–Crippen LogP) is -0.488. The van der Waals surface area contributed by atoms with E-state index < -0.39 is 0 Å². The summed E-state index contributed by atoms with van der Waals surface area (Å²) < 4.78 is 1.63. The first-order valence-corrected chi connectivity index (χ1v) is 4.76. The number of nitrogens with one attached hydrogen (secondary N) is 2. The summed E-state index contributed by atoms with van der Waals surface area (Å²) in [7, 11) is 1.80. The van der Waals surface area contributed by atoms with Gasteiger partial charge in [0, 0.05) is 25.8 Å². The molecule has 1 aromatic heterocycles. The Bertz CT molecular complexity index is 327. The molecule has 2 N–H and O–H groups in total. The largest absolute Gasteiger partial charge is 0.348 e. The zero-order valence-corrected chi connectivity index (χ0v) is 8.16. The number of carbonyl (C=O) groups excluding carboxylic acids is 1. The van der Waals surface area contributed by atoms with E-state index in [1.807, 2.05) is 0 Å². The predicted molar refractivity (Wildman–Crippen MR) is 51.9 cm³/mol. The second-order valence-electron chi connectivity index (χ2n) is 3.57. The zero-order valence-electron chi connectivity index (χ0n) is 8.16. The third kappa shape index (κ3) is 1.93. The van der Waals surface area contributed by atoms with Gasteiger partial charge in [-0.05, 0) is 13.0 Å². The Morgan fingerprint density at radius 1 is 1.79 bits per heavy atom. The van der Waals surface area contributed by atoms with E-state index in [1.54, 1.807) is 24.1 Å². The van der Waals surface area contributed by atoms with Crippen LogP contribution in [0.25, 0.3) is 0 Å². The van der Waals surface area contributed by atoms with Gasteiger partial charge >= 0.3 is 0 Å². The Morgan fingerprint density at radius 2 is 2.64 bits per heavy atom. The van der Waals surface area contributed by atoms with Crippen molar-refractivity contribution >= 4 is 5.91 Å². The van der Waals surface area contributed by atoms with Crippen LogP contribution in [0.15, 0.2) is 12.4 Å². The first kappa shape index (κ1) is 9.21. The molecule has 2 heterocycles. The molecule has 0 aliphatic carbocycles. The lowest BCUT2D eigenvalue weighted by atomic mass is 10.2. The number of rotatable bonds is 2. The maximum absolute atomic E-state index is 11.6. The number of hydrogen-bond donors (Lipinski definition) is 2. The summed E-state index contributed by atoms with van der Waals surface area (Å²) in [6.45, 7) is 1.85. The normalized spacial score (nSPS) is 21.1. The van der Waals surface area contributed by atoms with Gasteiger partial charge in [-0.2, -0.15) is 5.10 Å². The minimum atomic E-state index is -0.0354. The number of aryl methyl sites for hydroxylation is 1. The van der Waals surface area contributed by atoms with Crippen molar-refractivity contribution in [3.8, 4) is 0 Å². The van der Waals surface area contributed by atoms with Crippen molar-refractivity contribution in [2.75, 3.05) is 13.1 Å². The summed E-state index contributed by atoms with van der Waals surface area (Å²) in [5, 5.41) is 10.1. The molecule has 14 heavy (non-hydrogen) atoms. The van der Waals surface area contributed by atoms with Gasteiger partial charge in [-0.3, -0.25) is 9.48 Å². The topological polar surface area (TPSA) is 59.0 Å². The highest BCUT2D eigenvalue weighted by Crippen LogP contribution is 2.01. The molecule has 1 atom stereocenters. The van der Waals surface area contributed by atoms with Gasteiger partial charge in [0.25, 0.3) is 5.91 Å². The molecule has 2 rings (SSSR count). The monoisotopic (exact) mass is 194 g/mol. The number of nitrogens with zero attached hydrogens (tertiary/aromatic N) is 2. The van der Waals surface area contributed by atoms with E-state index in [-0.39, 0.29) is 11.9 Å². The van der Waals surface area contributed by atoms with Crippen LogP contribution in [0.1, 0.15) is 16.8 Å². The fourth-order valence-electron chi connectivity index (χ4n) is 1.59. The fraction of sp³-hybridized carbons (Fsp3) is 0.556. The molecular weight excluding hydrogens is 180 g/mol. The Labute approximate surface area is 82.5 Å². The summed E-state index contributed by atoms with van der Waals surface area (Å²) >= 11 is 0. The third-order valence-corrected chi connectivity index (χ3v) is 2.36. The van der Waals surface area contributed by atoms with E-state index >= 15 is 0 Å². The lowest BCUT2D eigenvalue weighted by molar-refractivity contribution is 0.0940. The highest BCUT2D eigenvalue weighted by molar-refractivity contribution is 5.93. The molecular formula is C9H14N4O. The van der Waals surface area contributed by atoms with Crippen LogP contribution in [0.5, 0.6) is 0 Å². The molecule has 5 heteroatoms.